The minimum Gasteiger partial charge on any atom is -0.478 e. The number of fused-ring (bicyclic) bond motifs is 2. The normalized spacial score (nSPS) is 15.2. The number of carboxylic acids is 1. The monoisotopic (exact) mass is 324 g/mol. The lowest BCUT2D eigenvalue weighted by Gasteiger charge is -2.06. The second-order valence-corrected chi connectivity index (χ2v) is 6.34. The van der Waals surface area contributed by atoms with Crippen molar-refractivity contribution < 1.29 is 9.90 Å². The molecule has 0 bridgehead atoms. The van der Waals surface area contributed by atoms with E-state index in [4.69, 9.17) is 5.11 Å². The topological polar surface area (TPSA) is 72.2 Å². The van der Waals surface area contributed by atoms with Crippen molar-refractivity contribution in [3.8, 4) is 0 Å². The van der Waals surface area contributed by atoms with E-state index < -0.39 is 5.97 Å². The Morgan fingerprint density at radius 2 is 2.22 bits per heavy atom. The maximum Gasteiger partial charge on any atom is 0.335 e. The first-order valence-corrected chi connectivity index (χ1v) is 8.04. The fraction of sp³-hybridized carbons (Fsp3) is 0.118. The van der Waals surface area contributed by atoms with Gasteiger partial charge in [-0.15, -0.1) is 11.3 Å². The van der Waals surface area contributed by atoms with Crippen LogP contribution in [0.1, 0.15) is 27.5 Å². The molecule has 4 rings (SSSR count). The lowest BCUT2D eigenvalue weighted by molar-refractivity contribution is 0.0697. The van der Waals surface area contributed by atoms with Gasteiger partial charge in [-0.2, -0.15) is 0 Å². The number of carbonyl (C=O) groups is 1. The smallest absolute Gasteiger partial charge is 0.335 e. The number of thiophene rings is 1. The van der Waals surface area contributed by atoms with E-state index in [1.807, 2.05) is 23.6 Å². The highest BCUT2D eigenvalue weighted by Gasteiger charge is 2.21. The van der Waals surface area contributed by atoms with Crippen molar-refractivity contribution in [3.05, 3.63) is 62.3 Å². The third-order valence-corrected chi connectivity index (χ3v) is 4.77. The van der Waals surface area contributed by atoms with Crippen LogP contribution in [0.5, 0.6) is 0 Å². The summed E-state index contributed by atoms with van der Waals surface area (Å²) in [6.07, 6.45) is 2.80. The van der Waals surface area contributed by atoms with Gasteiger partial charge in [-0.3, -0.25) is 9.36 Å². The molecule has 0 fully saturated rings. The Bertz CT molecular complexity index is 1020. The molecule has 1 aliphatic heterocycles. The third kappa shape index (κ3) is 2.27. The Morgan fingerprint density at radius 1 is 1.35 bits per heavy atom. The van der Waals surface area contributed by atoms with Crippen LogP contribution in [0.2, 0.25) is 0 Å². The first kappa shape index (κ1) is 13.9. The number of hydrogen-bond donors (Lipinski definition) is 1. The van der Waals surface area contributed by atoms with Crippen LogP contribution < -0.4 is 5.56 Å². The lowest BCUT2D eigenvalue weighted by atomic mass is 10.1. The van der Waals surface area contributed by atoms with E-state index in [1.165, 1.54) is 12.1 Å². The molecule has 23 heavy (non-hydrogen) atoms. The summed E-state index contributed by atoms with van der Waals surface area (Å²) in [5.74, 6) is -0.387. The molecule has 5 nitrogen and oxygen atoms in total. The molecule has 114 valence electrons. The molecule has 0 spiro atoms. The standard InChI is InChI=1S/C17H12N2O3S/c20-16-13-4-3-11(17(21)22)9-14(13)18-15-10(5-6-19(15)16)8-12-2-1-7-23-12/h1-4,7-9H,5-6H2,(H,21,22). The van der Waals surface area contributed by atoms with E-state index in [0.29, 0.717) is 23.3 Å². The highest BCUT2D eigenvalue weighted by molar-refractivity contribution is 7.10. The lowest BCUT2D eigenvalue weighted by Crippen LogP contribution is -2.20. The fourth-order valence-corrected chi connectivity index (χ4v) is 3.51. The van der Waals surface area contributed by atoms with Gasteiger partial charge in [0.2, 0.25) is 0 Å². The molecule has 0 saturated carbocycles. The van der Waals surface area contributed by atoms with Crippen molar-refractivity contribution in [1.29, 1.82) is 0 Å². The van der Waals surface area contributed by atoms with Crippen molar-refractivity contribution in [2.45, 2.75) is 13.0 Å². The van der Waals surface area contributed by atoms with Crippen LogP contribution >= 0.6 is 11.3 Å². The summed E-state index contributed by atoms with van der Waals surface area (Å²) in [5, 5.41) is 11.6. The zero-order chi connectivity index (χ0) is 16.0. The highest BCUT2D eigenvalue weighted by Crippen LogP contribution is 2.28. The molecule has 0 atom stereocenters. The average molecular weight is 324 g/mol. The summed E-state index contributed by atoms with van der Waals surface area (Å²) < 4.78 is 1.67. The van der Waals surface area contributed by atoms with Crippen LogP contribution in [0, 0.1) is 0 Å². The molecule has 0 saturated heterocycles. The van der Waals surface area contributed by atoms with Gasteiger partial charge in [0.15, 0.2) is 0 Å². The Labute approximate surface area is 135 Å². The molecule has 3 heterocycles. The van der Waals surface area contributed by atoms with Gasteiger partial charge >= 0.3 is 5.97 Å². The Morgan fingerprint density at radius 3 is 2.96 bits per heavy atom. The first-order chi connectivity index (χ1) is 11.1. The number of benzene rings is 1. The minimum atomic E-state index is -1.02. The van der Waals surface area contributed by atoms with Crippen molar-refractivity contribution in [2.75, 3.05) is 0 Å². The summed E-state index contributed by atoms with van der Waals surface area (Å²) >= 11 is 1.63. The van der Waals surface area contributed by atoms with Gasteiger partial charge < -0.3 is 5.11 Å². The highest BCUT2D eigenvalue weighted by atomic mass is 32.1. The first-order valence-electron chi connectivity index (χ1n) is 7.16. The molecule has 0 radical (unpaired) electrons. The van der Waals surface area contributed by atoms with Crippen LogP contribution in [-0.4, -0.2) is 20.6 Å². The Kier molecular flexibility index (Phi) is 3.12. The number of aromatic nitrogens is 2. The van der Waals surface area contributed by atoms with Crippen LogP contribution in [0.25, 0.3) is 22.6 Å². The van der Waals surface area contributed by atoms with Gasteiger partial charge in [-0.05, 0) is 47.7 Å². The largest absolute Gasteiger partial charge is 0.478 e. The van der Waals surface area contributed by atoms with Crippen molar-refractivity contribution >= 4 is 39.9 Å². The average Bonchev–Trinajstić information content (AvgIpc) is 3.18. The molecule has 6 heteroatoms. The number of allylic oxidation sites excluding steroid dienone is 1. The molecule has 0 aliphatic carbocycles. The second-order valence-electron chi connectivity index (χ2n) is 5.36. The summed E-state index contributed by atoms with van der Waals surface area (Å²) in [6.45, 7) is 0.606. The van der Waals surface area contributed by atoms with Crippen molar-refractivity contribution in [2.24, 2.45) is 0 Å². The number of rotatable bonds is 2. The van der Waals surface area contributed by atoms with Gasteiger partial charge in [0.1, 0.15) is 5.82 Å². The van der Waals surface area contributed by atoms with Gasteiger partial charge in [0, 0.05) is 11.4 Å². The van der Waals surface area contributed by atoms with Crippen molar-refractivity contribution in [1.82, 2.24) is 9.55 Å². The Balaban J connectivity index is 1.94. The molecule has 1 N–H and O–H groups in total. The van der Waals surface area contributed by atoms with E-state index >= 15 is 0 Å². The van der Waals surface area contributed by atoms with E-state index in [9.17, 15) is 9.59 Å². The van der Waals surface area contributed by atoms with E-state index in [1.54, 1.807) is 22.0 Å². The summed E-state index contributed by atoms with van der Waals surface area (Å²) in [5.41, 5.74) is 1.46. The summed E-state index contributed by atoms with van der Waals surface area (Å²) in [4.78, 5) is 29.4. The van der Waals surface area contributed by atoms with Gasteiger partial charge in [-0.1, -0.05) is 6.07 Å². The maximum atomic E-state index is 12.6. The van der Waals surface area contributed by atoms with Crippen LogP contribution in [0.4, 0.5) is 0 Å². The SMILES string of the molecule is O=C(O)c1ccc2c(=O)n3c(nc2c1)C(=Cc1cccs1)CC3. The quantitative estimate of drug-likeness (QED) is 0.786. The van der Waals surface area contributed by atoms with Gasteiger partial charge in [0.05, 0.1) is 16.5 Å². The minimum absolute atomic E-state index is 0.114. The molecule has 0 amide bonds. The molecule has 1 aromatic carbocycles. The van der Waals surface area contributed by atoms with E-state index in [-0.39, 0.29) is 11.1 Å². The van der Waals surface area contributed by atoms with Gasteiger partial charge in [-0.25, -0.2) is 9.78 Å². The zero-order valence-corrected chi connectivity index (χ0v) is 12.8. The molecular weight excluding hydrogens is 312 g/mol. The predicted molar refractivity (Wildman–Crippen MR) is 89.8 cm³/mol. The van der Waals surface area contributed by atoms with Crippen LogP contribution in [0.15, 0.2) is 40.5 Å². The zero-order valence-electron chi connectivity index (χ0n) is 12.0. The fourth-order valence-electron chi connectivity index (χ4n) is 2.83. The maximum absolute atomic E-state index is 12.6. The Hall–Kier alpha value is -2.73. The van der Waals surface area contributed by atoms with Crippen LogP contribution in [-0.2, 0) is 6.54 Å². The number of aromatic carboxylic acids is 1. The van der Waals surface area contributed by atoms with Crippen molar-refractivity contribution in [3.63, 3.8) is 0 Å². The van der Waals surface area contributed by atoms with Crippen LogP contribution in [0.3, 0.4) is 0 Å². The molecule has 3 aromatic rings. The number of nitrogens with zero attached hydrogens (tertiary/aromatic N) is 2. The number of hydrogen-bond acceptors (Lipinski definition) is 4. The summed E-state index contributed by atoms with van der Waals surface area (Å²) in [6, 6.07) is 8.44. The van der Waals surface area contributed by atoms with Gasteiger partial charge in [0.25, 0.3) is 5.56 Å². The summed E-state index contributed by atoms with van der Waals surface area (Å²) in [7, 11) is 0. The molecule has 2 aromatic heterocycles. The van der Waals surface area contributed by atoms with E-state index in [2.05, 4.69) is 4.98 Å². The number of carboxylic acid groups (broad SMARTS) is 1. The second kappa shape index (κ2) is 5.17. The predicted octanol–water partition coefficient (Wildman–Crippen LogP) is 3.10. The molecule has 1 aliphatic rings. The third-order valence-electron chi connectivity index (χ3n) is 3.95. The molecular formula is C17H12N2O3S. The molecule has 0 unspecified atom stereocenters. The van der Waals surface area contributed by atoms with E-state index in [0.717, 1.165) is 16.9 Å².